The van der Waals surface area contributed by atoms with E-state index in [-0.39, 0.29) is 0 Å². The zero-order chi connectivity index (χ0) is 19.6. The van der Waals surface area contributed by atoms with Gasteiger partial charge >= 0.3 is 0 Å². The van der Waals surface area contributed by atoms with Crippen molar-refractivity contribution in [3.05, 3.63) is 53.2 Å². The second-order valence-electron chi connectivity index (χ2n) is 5.69. The highest BCUT2D eigenvalue weighted by Gasteiger charge is 2.12. The molecule has 0 spiro atoms. The average Bonchev–Trinajstić information content (AvgIpc) is 3.38. The fraction of sp³-hybridized carbons (Fsp3) is 0.176. The third-order valence-corrected chi connectivity index (χ3v) is 10.0. The molecule has 4 nitrogen and oxygen atoms in total. The van der Waals surface area contributed by atoms with Gasteiger partial charge in [0.05, 0.1) is 28.7 Å². The molecule has 4 rings (SSSR count). The van der Waals surface area contributed by atoms with Crippen LogP contribution in [0.3, 0.4) is 0 Å². The summed E-state index contributed by atoms with van der Waals surface area (Å²) >= 11 is 17.3. The third-order valence-electron chi connectivity index (χ3n) is 3.47. The van der Waals surface area contributed by atoms with E-state index in [9.17, 15) is 0 Å². The molecular formula is C17H14Br4N4S2. The van der Waals surface area contributed by atoms with Gasteiger partial charge < -0.3 is 0 Å². The Hall–Kier alpha value is -0.260. The summed E-state index contributed by atoms with van der Waals surface area (Å²) in [4.78, 5) is 2.39. The summed E-state index contributed by atoms with van der Waals surface area (Å²) in [5.74, 6) is 0. The van der Waals surface area contributed by atoms with Crippen LogP contribution in [0.4, 0.5) is 0 Å². The topological polar surface area (TPSA) is 46.5 Å². The quantitative estimate of drug-likeness (QED) is 0.241. The number of halogens is 4. The summed E-state index contributed by atoms with van der Waals surface area (Å²) in [5, 5.41) is 11.1. The monoisotopic (exact) mass is 654 g/mol. The van der Waals surface area contributed by atoms with Gasteiger partial charge in [-0.15, -0.1) is 22.7 Å². The summed E-state index contributed by atoms with van der Waals surface area (Å²) in [5.41, 5.74) is 2.22. The van der Waals surface area contributed by atoms with Crippen molar-refractivity contribution in [3.63, 3.8) is 0 Å². The van der Waals surface area contributed by atoms with Crippen LogP contribution in [0, 0.1) is 0 Å². The van der Waals surface area contributed by atoms with Crippen LogP contribution >= 0.6 is 86.4 Å². The van der Waals surface area contributed by atoms with Gasteiger partial charge in [-0.3, -0.25) is 9.78 Å². The van der Waals surface area contributed by atoms with E-state index < -0.39 is 0 Å². The summed E-state index contributed by atoms with van der Waals surface area (Å²) < 4.78 is 6.43. The van der Waals surface area contributed by atoms with Crippen LogP contribution < -0.4 is 0 Å². The van der Waals surface area contributed by atoms with Crippen LogP contribution in [0.1, 0.15) is 19.9 Å². The second kappa shape index (κ2) is 9.49. The number of aromatic amines is 1. The maximum atomic E-state index is 4.32. The van der Waals surface area contributed by atoms with Gasteiger partial charge in [-0.05, 0) is 102 Å². The molecular weight excluding hydrogens is 644 g/mol. The Morgan fingerprint density at radius 2 is 1.56 bits per heavy atom. The van der Waals surface area contributed by atoms with Crippen molar-refractivity contribution in [2.75, 3.05) is 0 Å². The minimum absolute atomic E-state index is 0.384. The molecule has 27 heavy (non-hydrogen) atoms. The molecule has 0 saturated carbocycles. The Labute approximate surface area is 198 Å². The fourth-order valence-corrected chi connectivity index (χ4v) is 6.33. The highest BCUT2D eigenvalue weighted by molar-refractivity contribution is 9.14. The molecule has 10 heteroatoms. The van der Waals surface area contributed by atoms with Crippen molar-refractivity contribution >= 4 is 86.4 Å². The Morgan fingerprint density at radius 3 is 2.04 bits per heavy atom. The number of rotatable bonds is 3. The van der Waals surface area contributed by atoms with Crippen LogP contribution in [-0.4, -0.2) is 20.0 Å². The van der Waals surface area contributed by atoms with E-state index in [1.165, 1.54) is 15.4 Å². The van der Waals surface area contributed by atoms with Crippen LogP contribution in [0.15, 0.2) is 53.2 Å². The van der Waals surface area contributed by atoms with E-state index in [0.29, 0.717) is 6.04 Å². The number of nitrogens with zero attached hydrogens (tertiary/aromatic N) is 3. The summed E-state index contributed by atoms with van der Waals surface area (Å²) in [6.07, 6.45) is 3.59. The lowest BCUT2D eigenvalue weighted by atomic mass is 10.3. The van der Waals surface area contributed by atoms with E-state index in [1.54, 1.807) is 28.9 Å². The SMILES string of the molecule is Brc1cc(-c2ccn[nH]2)sc1Br.CC(C)n1nccc1-c1cc(Br)c(Br)s1. The van der Waals surface area contributed by atoms with Gasteiger partial charge in [-0.25, -0.2) is 0 Å². The first-order valence-electron chi connectivity index (χ1n) is 7.80. The van der Waals surface area contributed by atoms with Crippen molar-refractivity contribution in [2.45, 2.75) is 19.9 Å². The third kappa shape index (κ3) is 5.22. The van der Waals surface area contributed by atoms with Gasteiger partial charge in [0.2, 0.25) is 0 Å². The van der Waals surface area contributed by atoms with Crippen LogP contribution in [-0.2, 0) is 0 Å². The van der Waals surface area contributed by atoms with Gasteiger partial charge in [0.15, 0.2) is 0 Å². The van der Waals surface area contributed by atoms with Crippen molar-refractivity contribution in [1.29, 1.82) is 0 Å². The summed E-state index contributed by atoms with van der Waals surface area (Å²) in [6, 6.07) is 8.55. The number of aromatic nitrogens is 4. The van der Waals surface area contributed by atoms with E-state index >= 15 is 0 Å². The molecule has 0 fully saturated rings. The maximum Gasteiger partial charge on any atom is 0.0847 e. The number of nitrogens with one attached hydrogen (secondary N) is 1. The number of thiophene rings is 2. The molecule has 0 aliphatic heterocycles. The molecule has 4 heterocycles. The lowest BCUT2D eigenvalue weighted by Gasteiger charge is -2.08. The van der Waals surface area contributed by atoms with Gasteiger partial charge in [0, 0.05) is 27.4 Å². The predicted octanol–water partition coefficient (Wildman–Crippen LogP) is 8.38. The Kier molecular flexibility index (Phi) is 7.54. The Balaban J connectivity index is 0.000000159. The van der Waals surface area contributed by atoms with E-state index in [0.717, 1.165) is 22.2 Å². The molecule has 0 amide bonds. The summed E-state index contributed by atoms with van der Waals surface area (Å²) in [6.45, 7) is 4.27. The first-order chi connectivity index (χ1) is 12.9. The van der Waals surface area contributed by atoms with Gasteiger partial charge in [-0.1, -0.05) is 0 Å². The zero-order valence-electron chi connectivity index (χ0n) is 14.2. The first kappa shape index (κ1) is 21.4. The molecule has 0 aromatic carbocycles. The van der Waals surface area contributed by atoms with Gasteiger partial charge in [-0.2, -0.15) is 10.2 Å². The molecule has 1 N–H and O–H groups in total. The number of hydrogen-bond donors (Lipinski definition) is 1. The Bertz CT molecular complexity index is 979. The second-order valence-corrected chi connectivity index (χ2v) is 12.1. The maximum absolute atomic E-state index is 4.32. The van der Waals surface area contributed by atoms with Crippen LogP contribution in [0.25, 0.3) is 21.1 Å². The molecule has 0 aliphatic rings. The highest BCUT2D eigenvalue weighted by atomic mass is 79.9. The lowest BCUT2D eigenvalue weighted by Crippen LogP contribution is -2.03. The summed E-state index contributed by atoms with van der Waals surface area (Å²) in [7, 11) is 0. The van der Waals surface area contributed by atoms with Crippen molar-refractivity contribution in [1.82, 2.24) is 20.0 Å². The van der Waals surface area contributed by atoms with E-state index in [4.69, 9.17) is 0 Å². The minimum atomic E-state index is 0.384. The normalized spacial score (nSPS) is 10.9. The zero-order valence-corrected chi connectivity index (χ0v) is 22.2. The molecule has 142 valence electrons. The predicted molar refractivity (Wildman–Crippen MR) is 129 cm³/mol. The van der Waals surface area contributed by atoms with Gasteiger partial charge in [0.1, 0.15) is 0 Å². The largest absolute Gasteiger partial charge is 0.277 e. The molecule has 0 radical (unpaired) electrons. The van der Waals surface area contributed by atoms with E-state index in [2.05, 4.69) is 105 Å². The smallest absolute Gasteiger partial charge is 0.0847 e. The molecule has 0 bridgehead atoms. The number of hydrogen-bond acceptors (Lipinski definition) is 4. The molecule has 0 saturated heterocycles. The highest BCUT2D eigenvalue weighted by Crippen LogP contribution is 2.39. The fourth-order valence-electron chi connectivity index (χ4n) is 2.27. The molecule has 0 aliphatic carbocycles. The molecule has 4 aromatic rings. The van der Waals surface area contributed by atoms with Crippen LogP contribution in [0.5, 0.6) is 0 Å². The van der Waals surface area contributed by atoms with Crippen molar-refractivity contribution in [3.8, 4) is 21.1 Å². The lowest BCUT2D eigenvalue weighted by molar-refractivity contribution is 0.539. The van der Waals surface area contributed by atoms with Crippen molar-refractivity contribution < 1.29 is 0 Å². The minimum Gasteiger partial charge on any atom is -0.277 e. The molecule has 4 aromatic heterocycles. The molecule has 0 unspecified atom stereocenters. The average molecular weight is 658 g/mol. The standard InChI is InChI=1S/C10H10Br2N2S.C7H4Br2N2S/c1-6(2)14-8(3-4-13-14)9-5-7(11)10(12)15-9;8-4-3-6(12-7(4)9)5-1-2-10-11-5/h3-6H,1-2H3;1-3H,(H,10,11). The van der Waals surface area contributed by atoms with E-state index in [1.807, 2.05) is 23.0 Å². The van der Waals surface area contributed by atoms with Crippen molar-refractivity contribution in [2.24, 2.45) is 0 Å². The van der Waals surface area contributed by atoms with Gasteiger partial charge in [0.25, 0.3) is 0 Å². The number of H-pyrrole nitrogens is 1. The van der Waals surface area contributed by atoms with Crippen LogP contribution in [0.2, 0.25) is 0 Å². The molecule has 0 atom stereocenters. The first-order valence-corrected chi connectivity index (χ1v) is 12.6. The Morgan fingerprint density at radius 1 is 0.926 bits per heavy atom.